The van der Waals surface area contributed by atoms with Gasteiger partial charge >= 0.3 is 0 Å². The third-order valence-electron chi connectivity index (χ3n) is 5.07. The second-order valence-electron chi connectivity index (χ2n) is 7.14. The van der Waals surface area contributed by atoms with Gasteiger partial charge in [0.05, 0.1) is 16.9 Å². The Morgan fingerprint density at radius 2 is 1.90 bits per heavy atom. The highest BCUT2D eigenvalue weighted by Gasteiger charge is 2.16. The van der Waals surface area contributed by atoms with Gasteiger partial charge in [-0.15, -0.1) is 23.1 Å². The van der Waals surface area contributed by atoms with Crippen molar-refractivity contribution < 1.29 is 4.79 Å². The number of rotatable bonds is 5. The molecule has 1 amide bonds. The van der Waals surface area contributed by atoms with Gasteiger partial charge < -0.3 is 9.88 Å². The van der Waals surface area contributed by atoms with Crippen LogP contribution in [0.5, 0.6) is 0 Å². The highest BCUT2D eigenvalue weighted by Crippen LogP contribution is 2.31. The molecule has 1 saturated heterocycles. The number of thioether (sulfide) groups is 1. The van der Waals surface area contributed by atoms with Gasteiger partial charge in [-0.3, -0.25) is 9.59 Å². The van der Waals surface area contributed by atoms with Crippen molar-refractivity contribution in [3.05, 3.63) is 50.8 Å². The second kappa shape index (κ2) is 9.32. The van der Waals surface area contributed by atoms with E-state index in [1.54, 1.807) is 0 Å². The van der Waals surface area contributed by atoms with Gasteiger partial charge in [0.1, 0.15) is 10.7 Å². The van der Waals surface area contributed by atoms with Crippen LogP contribution < -0.4 is 5.56 Å². The number of carbonyl (C=O) groups excluding carboxylic acids is 1. The summed E-state index contributed by atoms with van der Waals surface area (Å²) in [6.45, 7) is 1.73. The van der Waals surface area contributed by atoms with E-state index in [4.69, 9.17) is 11.6 Å². The monoisotopic (exact) mass is 447 g/mol. The Bertz CT molecular complexity index is 1050. The Labute approximate surface area is 182 Å². The van der Waals surface area contributed by atoms with Crippen LogP contribution in [0.2, 0.25) is 5.02 Å². The van der Waals surface area contributed by atoms with Gasteiger partial charge in [0, 0.05) is 29.1 Å². The van der Waals surface area contributed by atoms with Crippen LogP contribution in [-0.4, -0.2) is 39.6 Å². The molecule has 152 valence electrons. The van der Waals surface area contributed by atoms with Crippen LogP contribution in [-0.2, 0) is 10.5 Å². The summed E-state index contributed by atoms with van der Waals surface area (Å²) in [5.41, 5.74) is 1.67. The van der Waals surface area contributed by atoms with E-state index in [1.165, 1.54) is 35.9 Å². The highest BCUT2D eigenvalue weighted by molar-refractivity contribution is 7.99. The van der Waals surface area contributed by atoms with E-state index < -0.39 is 0 Å². The van der Waals surface area contributed by atoms with Crippen molar-refractivity contribution in [3.8, 4) is 11.1 Å². The Morgan fingerprint density at radius 1 is 1.17 bits per heavy atom. The zero-order valence-corrected chi connectivity index (χ0v) is 18.3. The average molecular weight is 448 g/mol. The number of benzene rings is 1. The summed E-state index contributed by atoms with van der Waals surface area (Å²) in [6, 6.07) is 7.44. The fourth-order valence-corrected chi connectivity index (χ4v) is 5.43. The highest BCUT2D eigenvalue weighted by atomic mass is 35.5. The van der Waals surface area contributed by atoms with Crippen molar-refractivity contribution in [1.82, 2.24) is 14.9 Å². The molecule has 0 unspecified atom stereocenters. The molecule has 3 aromatic rings. The summed E-state index contributed by atoms with van der Waals surface area (Å²) in [5, 5.41) is 3.22. The number of H-pyrrole nitrogens is 1. The molecular formula is C21H22ClN3O2S2. The van der Waals surface area contributed by atoms with Crippen LogP contribution in [0.15, 0.2) is 34.4 Å². The lowest BCUT2D eigenvalue weighted by Crippen LogP contribution is -2.33. The quantitative estimate of drug-likeness (QED) is 0.601. The van der Waals surface area contributed by atoms with E-state index in [0.29, 0.717) is 32.6 Å². The Hall–Kier alpha value is -1.83. The van der Waals surface area contributed by atoms with Crippen LogP contribution in [0.4, 0.5) is 0 Å². The summed E-state index contributed by atoms with van der Waals surface area (Å²) in [6.07, 6.45) is 4.61. The van der Waals surface area contributed by atoms with Crippen LogP contribution >= 0.6 is 34.7 Å². The molecule has 1 aromatic carbocycles. The first-order valence-electron chi connectivity index (χ1n) is 9.73. The molecule has 1 aliphatic heterocycles. The van der Waals surface area contributed by atoms with Crippen LogP contribution in [0.3, 0.4) is 0 Å². The predicted octanol–water partition coefficient (Wildman–Crippen LogP) is 4.94. The number of carbonyl (C=O) groups is 1. The van der Waals surface area contributed by atoms with Crippen molar-refractivity contribution in [2.24, 2.45) is 0 Å². The molecule has 29 heavy (non-hydrogen) atoms. The van der Waals surface area contributed by atoms with Crippen molar-refractivity contribution in [2.45, 2.75) is 31.4 Å². The number of nitrogens with one attached hydrogen (secondary N) is 1. The largest absolute Gasteiger partial charge is 0.342 e. The number of aromatic nitrogens is 2. The van der Waals surface area contributed by atoms with Gasteiger partial charge in [-0.1, -0.05) is 36.6 Å². The molecule has 2 aromatic heterocycles. The topological polar surface area (TPSA) is 66.1 Å². The minimum absolute atomic E-state index is 0.143. The fraction of sp³-hybridized carbons (Fsp3) is 0.381. The number of hydrogen-bond acceptors (Lipinski definition) is 5. The average Bonchev–Trinajstić information content (AvgIpc) is 2.95. The number of amides is 1. The minimum atomic E-state index is -0.143. The van der Waals surface area contributed by atoms with E-state index in [1.807, 2.05) is 34.5 Å². The molecule has 0 saturated carbocycles. The zero-order chi connectivity index (χ0) is 20.2. The number of likely N-dealkylation sites (tertiary alicyclic amines) is 1. The first-order chi connectivity index (χ1) is 14.1. The SMILES string of the molecule is O=C(CSCc1nc2scc(-c3ccc(Cl)cc3)c2c(=O)[nH]1)N1CCCCCC1. The van der Waals surface area contributed by atoms with Crippen molar-refractivity contribution >= 4 is 50.8 Å². The molecule has 4 rings (SSSR count). The maximum absolute atomic E-state index is 12.7. The molecular weight excluding hydrogens is 426 g/mol. The first kappa shape index (κ1) is 20.4. The lowest BCUT2D eigenvalue weighted by Gasteiger charge is -2.19. The van der Waals surface area contributed by atoms with Crippen LogP contribution in [0.25, 0.3) is 21.3 Å². The van der Waals surface area contributed by atoms with E-state index in [0.717, 1.165) is 37.1 Å². The molecule has 1 N–H and O–H groups in total. The van der Waals surface area contributed by atoms with Crippen molar-refractivity contribution in [1.29, 1.82) is 0 Å². The number of thiophene rings is 1. The summed E-state index contributed by atoms with van der Waals surface area (Å²) in [4.78, 5) is 35.3. The number of nitrogens with zero attached hydrogens (tertiary/aromatic N) is 2. The molecule has 5 nitrogen and oxygen atoms in total. The van der Waals surface area contributed by atoms with Gasteiger partial charge in [0.25, 0.3) is 5.56 Å². The Kier molecular flexibility index (Phi) is 6.57. The normalized spacial score (nSPS) is 14.9. The summed E-state index contributed by atoms with van der Waals surface area (Å²) in [5.74, 6) is 1.73. The molecule has 0 aliphatic carbocycles. The molecule has 0 spiro atoms. The van der Waals surface area contributed by atoms with E-state index >= 15 is 0 Å². The number of halogens is 1. The smallest absolute Gasteiger partial charge is 0.260 e. The number of aromatic amines is 1. The molecule has 0 bridgehead atoms. The standard InChI is InChI=1S/C21H22ClN3O2S2/c22-15-7-5-14(6-8-15)16-11-29-21-19(16)20(27)23-17(24-21)12-28-13-18(26)25-9-3-1-2-4-10-25/h5-8,11H,1-4,9-10,12-13H2,(H,23,24,27). The van der Waals surface area contributed by atoms with Gasteiger partial charge in [0.15, 0.2) is 0 Å². The minimum Gasteiger partial charge on any atom is -0.342 e. The zero-order valence-electron chi connectivity index (χ0n) is 15.9. The third kappa shape index (κ3) is 4.85. The third-order valence-corrected chi connectivity index (χ3v) is 7.12. The summed E-state index contributed by atoms with van der Waals surface area (Å²) < 4.78 is 0. The fourth-order valence-electron chi connectivity index (χ4n) is 3.55. The van der Waals surface area contributed by atoms with E-state index in [9.17, 15) is 9.59 Å². The van der Waals surface area contributed by atoms with E-state index in [2.05, 4.69) is 9.97 Å². The first-order valence-corrected chi connectivity index (χ1v) is 12.1. The second-order valence-corrected chi connectivity index (χ2v) is 9.42. The van der Waals surface area contributed by atoms with Gasteiger partial charge in [0.2, 0.25) is 5.91 Å². The Morgan fingerprint density at radius 3 is 2.62 bits per heavy atom. The maximum atomic E-state index is 12.7. The molecule has 1 fully saturated rings. The molecule has 8 heteroatoms. The van der Waals surface area contributed by atoms with Crippen molar-refractivity contribution in [2.75, 3.05) is 18.8 Å². The predicted molar refractivity (Wildman–Crippen MR) is 122 cm³/mol. The van der Waals surface area contributed by atoms with E-state index in [-0.39, 0.29) is 11.5 Å². The molecule has 1 aliphatic rings. The van der Waals surface area contributed by atoms with Crippen LogP contribution in [0.1, 0.15) is 31.5 Å². The lowest BCUT2D eigenvalue weighted by atomic mass is 10.1. The van der Waals surface area contributed by atoms with Gasteiger partial charge in [-0.2, -0.15) is 0 Å². The number of fused-ring (bicyclic) bond motifs is 1. The van der Waals surface area contributed by atoms with Crippen molar-refractivity contribution in [3.63, 3.8) is 0 Å². The lowest BCUT2D eigenvalue weighted by molar-refractivity contribution is -0.128. The molecule has 3 heterocycles. The number of hydrogen-bond donors (Lipinski definition) is 1. The summed E-state index contributed by atoms with van der Waals surface area (Å²) in [7, 11) is 0. The van der Waals surface area contributed by atoms with Crippen LogP contribution in [0, 0.1) is 0 Å². The molecule has 0 atom stereocenters. The summed E-state index contributed by atoms with van der Waals surface area (Å²) >= 11 is 8.93. The van der Waals surface area contributed by atoms with Gasteiger partial charge in [-0.05, 0) is 30.5 Å². The Balaban J connectivity index is 1.44. The molecule has 0 radical (unpaired) electrons. The van der Waals surface area contributed by atoms with Gasteiger partial charge in [-0.25, -0.2) is 4.98 Å². The maximum Gasteiger partial charge on any atom is 0.260 e.